The summed E-state index contributed by atoms with van der Waals surface area (Å²) in [4.78, 5) is 51.0. The summed E-state index contributed by atoms with van der Waals surface area (Å²) < 4.78 is 40.5. The number of halogens is 3. The molecule has 1 unspecified atom stereocenters. The average molecular weight is 485 g/mol. The van der Waals surface area contributed by atoms with Crippen LogP contribution in [-0.4, -0.2) is 40.5 Å². The number of carbonyl (C=O) groups excluding carboxylic acids is 4. The van der Waals surface area contributed by atoms with Crippen molar-refractivity contribution in [2.45, 2.75) is 50.2 Å². The minimum absolute atomic E-state index is 0.109. The maximum Gasteiger partial charge on any atom is 0.255 e. The molecule has 2 N–H and O–H groups in total. The molecule has 10 heteroatoms. The van der Waals surface area contributed by atoms with Gasteiger partial charge in [-0.3, -0.25) is 24.5 Å². The molecule has 2 aliphatic heterocycles. The van der Waals surface area contributed by atoms with Crippen LogP contribution < -0.4 is 10.6 Å². The number of nitrogens with one attached hydrogen (secondary N) is 2. The Labute approximate surface area is 198 Å². The number of imide groups is 1. The zero-order chi connectivity index (χ0) is 24.9. The van der Waals surface area contributed by atoms with E-state index >= 15 is 0 Å². The van der Waals surface area contributed by atoms with Gasteiger partial charge in [0, 0.05) is 36.9 Å². The highest BCUT2D eigenvalue weighted by Crippen LogP contribution is 2.48. The van der Waals surface area contributed by atoms with E-state index in [1.165, 1.54) is 41.3 Å². The fraction of sp³-hybridized carbons (Fsp3) is 0.360. The third-order valence-electron chi connectivity index (χ3n) is 6.89. The van der Waals surface area contributed by atoms with Crippen LogP contribution >= 0.6 is 0 Å². The first kappa shape index (κ1) is 23.1. The second-order valence-electron chi connectivity index (χ2n) is 9.30. The molecule has 1 aliphatic carbocycles. The van der Waals surface area contributed by atoms with Crippen molar-refractivity contribution in [2.75, 3.05) is 0 Å². The van der Waals surface area contributed by atoms with Gasteiger partial charge < -0.3 is 10.2 Å². The van der Waals surface area contributed by atoms with Crippen LogP contribution in [0.2, 0.25) is 0 Å². The molecular formula is C25H22F3N3O4. The lowest BCUT2D eigenvalue weighted by Crippen LogP contribution is -2.52. The number of hydrogen-bond donors (Lipinski definition) is 2. The summed E-state index contributed by atoms with van der Waals surface area (Å²) in [5.41, 5.74) is 1.68. The smallest absolute Gasteiger partial charge is 0.255 e. The molecule has 2 heterocycles. The monoisotopic (exact) mass is 485 g/mol. The normalized spacial score (nSPS) is 22.3. The Morgan fingerprint density at radius 2 is 1.80 bits per heavy atom. The van der Waals surface area contributed by atoms with Crippen molar-refractivity contribution in [3.8, 4) is 0 Å². The molecule has 4 amide bonds. The summed E-state index contributed by atoms with van der Waals surface area (Å²) in [6.07, 6.45) is -0.401. The molecular weight excluding hydrogens is 463 g/mol. The van der Waals surface area contributed by atoms with Crippen LogP contribution in [-0.2, 0) is 16.1 Å². The van der Waals surface area contributed by atoms with Crippen molar-refractivity contribution in [2.24, 2.45) is 5.92 Å². The van der Waals surface area contributed by atoms with Crippen molar-refractivity contribution in [1.82, 2.24) is 15.5 Å². The number of hydrogen-bond acceptors (Lipinski definition) is 4. The predicted molar refractivity (Wildman–Crippen MR) is 117 cm³/mol. The Morgan fingerprint density at radius 3 is 2.46 bits per heavy atom. The predicted octanol–water partition coefficient (Wildman–Crippen LogP) is 3.10. The van der Waals surface area contributed by atoms with E-state index in [0.29, 0.717) is 16.7 Å². The van der Waals surface area contributed by atoms with Crippen molar-refractivity contribution in [3.63, 3.8) is 0 Å². The maximum absolute atomic E-state index is 13.6. The zero-order valence-corrected chi connectivity index (χ0v) is 18.5. The highest BCUT2D eigenvalue weighted by Gasteiger charge is 2.49. The van der Waals surface area contributed by atoms with Crippen molar-refractivity contribution < 1.29 is 32.3 Å². The van der Waals surface area contributed by atoms with E-state index in [2.05, 4.69) is 10.6 Å². The molecule has 7 nitrogen and oxygen atoms in total. The van der Waals surface area contributed by atoms with E-state index < -0.39 is 41.6 Å². The van der Waals surface area contributed by atoms with Gasteiger partial charge in [0.1, 0.15) is 11.9 Å². The molecule has 2 atom stereocenters. The van der Waals surface area contributed by atoms with E-state index in [1.807, 2.05) is 0 Å². The van der Waals surface area contributed by atoms with Gasteiger partial charge in [0.2, 0.25) is 17.7 Å². The highest BCUT2D eigenvalue weighted by atomic mass is 19.3. The lowest BCUT2D eigenvalue weighted by molar-refractivity contribution is -0.136. The zero-order valence-electron chi connectivity index (χ0n) is 18.5. The molecule has 182 valence electrons. The first-order chi connectivity index (χ1) is 16.6. The Morgan fingerprint density at radius 1 is 1.09 bits per heavy atom. The van der Waals surface area contributed by atoms with Crippen LogP contribution in [0.3, 0.4) is 0 Å². The van der Waals surface area contributed by atoms with E-state index in [1.54, 1.807) is 6.07 Å². The fourth-order valence-corrected chi connectivity index (χ4v) is 5.03. The molecule has 0 bridgehead atoms. The topological polar surface area (TPSA) is 95.6 Å². The molecule has 0 spiro atoms. The standard InChI is InChI=1S/C25H22F3N3O4/c26-17-4-1-13(2-5-17)21(16-10-25(27,28)11-16)30-22(33)14-3-6-18-15(9-14)12-31(24(18)35)19-7-8-20(32)29-23(19)34/h1-6,9,16,19,21H,7-8,10-12H2,(H,30,33)(H,29,32,34)/t19?,21-/m0/s1. The van der Waals surface area contributed by atoms with Gasteiger partial charge in [-0.25, -0.2) is 13.2 Å². The van der Waals surface area contributed by atoms with Gasteiger partial charge in [-0.2, -0.15) is 0 Å². The third-order valence-corrected chi connectivity index (χ3v) is 6.89. The summed E-state index contributed by atoms with van der Waals surface area (Å²) in [6, 6.07) is 8.40. The second-order valence-corrected chi connectivity index (χ2v) is 9.30. The van der Waals surface area contributed by atoms with Crippen molar-refractivity contribution in [3.05, 3.63) is 70.5 Å². The minimum Gasteiger partial charge on any atom is -0.345 e. The van der Waals surface area contributed by atoms with Gasteiger partial charge in [-0.15, -0.1) is 0 Å². The molecule has 2 aromatic carbocycles. The van der Waals surface area contributed by atoms with Crippen molar-refractivity contribution in [1.29, 1.82) is 0 Å². The van der Waals surface area contributed by atoms with Gasteiger partial charge >= 0.3 is 0 Å². The van der Waals surface area contributed by atoms with Gasteiger partial charge in [-0.1, -0.05) is 12.1 Å². The van der Waals surface area contributed by atoms with E-state index in [9.17, 15) is 32.3 Å². The van der Waals surface area contributed by atoms with Gasteiger partial charge in [-0.05, 0) is 53.8 Å². The van der Waals surface area contributed by atoms with Crippen LogP contribution in [0.4, 0.5) is 13.2 Å². The number of amides is 4. The summed E-state index contributed by atoms with van der Waals surface area (Å²) in [6.45, 7) is 0.109. The van der Waals surface area contributed by atoms with Crippen LogP contribution in [0.25, 0.3) is 0 Å². The van der Waals surface area contributed by atoms with E-state index in [-0.39, 0.29) is 49.6 Å². The lowest BCUT2D eigenvalue weighted by atomic mass is 9.74. The molecule has 1 saturated carbocycles. The average Bonchev–Trinajstić information content (AvgIpc) is 3.12. The van der Waals surface area contributed by atoms with Crippen molar-refractivity contribution >= 4 is 23.6 Å². The molecule has 0 aromatic heterocycles. The Kier molecular flexibility index (Phi) is 5.61. The Bertz CT molecular complexity index is 1220. The highest BCUT2D eigenvalue weighted by molar-refractivity contribution is 6.06. The largest absolute Gasteiger partial charge is 0.345 e. The third kappa shape index (κ3) is 4.40. The number of fused-ring (bicyclic) bond motifs is 1. The SMILES string of the molecule is O=C1CCC(N2Cc3cc(C(=O)N[C@@H](c4ccc(F)cc4)C4CC(F)(F)C4)ccc3C2=O)C(=O)N1. The molecule has 1 saturated heterocycles. The Balaban J connectivity index is 1.34. The number of nitrogens with zero attached hydrogens (tertiary/aromatic N) is 1. The van der Waals surface area contributed by atoms with Crippen LogP contribution in [0.15, 0.2) is 42.5 Å². The quantitative estimate of drug-likeness (QED) is 0.637. The molecule has 35 heavy (non-hydrogen) atoms. The molecule has 5 rings (SSSR count). The lowest BCUT2D eigenvalue weighted by Gasteiger charge is -2.40. The van der Waals surface area contributed by atoms with E-state index in [4.69, 9.17) is 0 Å². The number of carbonyl (C=O) groups is 4. The van der Waals surface area contributed by atoms with Crippen LogP contribution in [0.5, 0.6) is 0 Å². The molecule has 2 aromatic rings. The van der Waals surface area contributed by atoms with Crippen LogP contribution in [0, 0.1) is 11.7 Å². The Hall–Kier alpha value is -3.69. The van der Waals surface area contributed by atoms with Crippen LogP contribution in [0.1, 0.15) is 63.6 Å². The van der Waals surface area contributed by atoms with E-state index in [0.717, 1.165) is 0 Å². The van der Waals surface area contributed by atoms with Gasteiger partial charge in [0.25, 0.3) is 11.8 Å². The minimum atomic E-state index is -2.79. The molecule has 3 aliphatic rings. The van der Waals surface area contributed by atoms with Gasteiger partial charge in [0.15, 0.2) is 0 Å². The summed E-state index contributed by atoms with van der Waals surface area (Å²) >= 11 is 0. The molecule has 0 radical (unpaired) electrons. The fourth-order valence-electron chi connectivity index (χ4n) is 5.03. The second kappa shape index (κ2) is 8.51. The number of alkyl halides is 2. The summed E-state index contributed by atoms with van der Waals surface area (Å²) in [5, 5.41) is 5.04. The molecule has 2 fully saturated rings. The number of rotatable bonds is 5. The number of benzene rings is 2. The van der Waals surface area contributed by atoms with Gasteiger partial charge in [0.05, 0.1) is 6.04 Å². The first-order valence-corrected chi connectivity index (χ1v) is 11.3. The first-order valence-electron chi connectivity index (χ1n) is 11.3. The number of piperidine rings is 1. The maximum atomic E-state index is 13.6. The summed E-state index contributed by atoms with van der Waals surface area (Å²) in [7, 11) is 0. The summed E-state index contributed by atoms with van der Waals surface area (Å²) in [5.74, 6) is -5.54.